The molecule has 1 fully saturated rings. The third-order valence-electron chi connectivity index (χ3n) is 5.34. The number of hydrogen-bond donors (Lipinski definition) is 3. The highest BCUT2D eigenvalue weighted by molar-refractivity contribution is 7.89. The van der Waals surface area contributed by atoms with Gasteiger partial charge in [0.2, 0.25) is 10.0 Å². The van der Waals surface area contributed by atoms with E-state index in [4.69, 9.17) is 16.3 Å². The van der Waals surface area contributed by atoms with Gasteiger partial charge in [-0.25, -0.2) is 13.1 Å². The van der Waals surface area contributed by atoms with E-state index in [0.29, 0.717) is 11.6 Å². The van der Waals surface area contributed by atoms with E-state index in [1.165, 1.54) is 24.3 Å². The smallest absolute Gasteiger partial charge is 0.240 e. The summed E-state index contributed by atoms with van der Waals surface area (Å²) in [7, 11) is -1.90. The number of aliphatic hydroxyl groups is 2. The molecule has 4 atom stereocenters. The fraction of sp³-hybridized carbons (Fsp3) is 0.429. The molecular weight excluding hydrogens is 428 g/mol. The summed E-state index contributed by atoms with van der Waals surface area (Å²) in [6.07, 6.45) is -1.53. The maximum atomic E-state index is 12.6. The molecule has 1 aliphatic rings. The van der Waals surface area contributed by atoms with E-state index < -0.39 is 34.4 Å². The van der Waals surface area contributed by atoms with Crippen molar-refractivity contribution in [3.63, 3.8) is 0 Å². The maximum absolute atomic E-state index is 12.6. The molecule has 0 aliphatic carbocycles. The van der Waals surface area contributed by atoms with E-state index in [1.54, 1.807) is 0 Å². The number of rotatable bonds is 9. The summed E-state index contributed by atoms with van der Waals surface area (Å²) in [5.74, 6) is 0. The summed E-state index contributed by atoms with van der Waals surface area (Å²) in [5, 5.41) is 20.6. The van der Waals surface area contributed by atoms with Crippen LogP contribution in [0.2, 0.25) is 5.02 Å². The van der Waals surface area contributed by atoms with Crippen molar-refractivity contribution in [3.8, 4) is 0 Å². The number of sulfonamides is 1. The lowest BCUT2D eigenvalue weighted by Gasteiger charge is -2.30. The monoisotopic (exact) mass is 454 g/mol. The van der Waals surface area contributed by atoms with Crippen molar-refractivity contribution < 1.29 is 23.4 Å². The van der Waals surface area contributed by atoms with Gasteiger partial charge in [0.05, 0.1) is 23.6 Å². The molecule has 1 aliphatic heterocycles. The molecule has 4 unspecified atom stereocenters. The molecule has 0 amide bonds. The van der Waals surface area contributed by atoms with Gasteiger partial charge >= 0.3 is 0 Å². The molecule has 3 rings (SSSR count). The van der Waals surface area contributed by atoms with Gasteiger partial charge in [0.15, 0.2) is 0 Å². The summed E-state index contributed by atoms with van der Waals surface area (Å²) in [6.45, 7) is 0.275. The number of benzene rings is 2. The van der Waals surface area contributed by atoms with E-state index >= 15 is 0 Å². The summed E-state index contributed by atoms with van der Waals surface area (Å²) < 4.78 is 33.5. The number of nitrogens with zero attached hydrogens (tertiary/aromatic N) is 1. The van der Waals surface area contributed by atoms with Gasteiger partial charge < -0.3 is 14.9 Å². The third kappa shape index (κ3) is 5.59. The second kappa shape index (κ2) is 10.2. The Morgan fingerprint density at radius 1 is 1.10 bits per heavy atom. The fourth-order valence-corrected chi connectivity index (χ4v) is 4.85. The van der Waals surface area contributed by atoms with Crippen LogP contribution in [0.1, 0.15) is 5.56 Å². The molecule has 7 nitrogen and oxygen atoms in total. The van der Waals surface area contributed by atoms with Crippen molar-refractivity contribution >= 4 is 21.6 Å². The Labute approximate surface area is 182 Å². The Bertz CT molecular complexity index is 911. The number of aliphatic hydroxyl groups excluding tert-OH is 2. The molecular formula is C21H27ClN2O5S. The third-order valence-corrected chi connectivity index (χ3v) is 7.04. The SMILES string of the molecule is CN(CCc1ccccc1)C1C(CNS(=O)(=O)c2ccc(Cl)cc2)OC(CO)C1O. The molecule has 30 heavy (non-hydrogen) atoms. The minimum absolute atomic E-state index is 0.0289. The van der Waals surface area contributed by atoms with Crippen LogP contribution in [-0.4, -0.2) is 74.6 Å². The lowest BCUT2D eigenvalue weighted by molar-refractivity contribution is -0.0201. The van der Waals surface area contributed by atoms with Crippen LogP contribution in [0.4, 0.5) is 0 Å². The molecule has 0 spiro atoms. The topological polar surface area (TPSA) is 99.1 Å². The van der Waals surface area contributed by atoms with Gasteiger partial charge in [0, 0.05) is 18.1 Å². The number of likely N-dealkylation sites (N-methyl/N-ethyl adjacent to an activating group) is 1. The highest BCUT2D eigenvalue weighted by Gasteiger charge is 2.45. The van der Waals surface area contributed by atoms with Crippen LogP contribution in [0.5, 0.6) is 0 Å². The summed E-state index contributed by atoms with van der Waals surface area (Å²) >= 11 is 5.83. The first-order chi connectivity index (χ1) is 14.3. The van der Waals surface area contributed by atoms with Crippen LogP contribution < -0.4 is 4.72 Å². The largest absolute Gasteiger partial charge is 0.394 e. The quantitative estimate of drug-likeness (QED) is 0.528. The van der Waals surface area contributed by atoms with Crippen molar-refractivity contribution in [1.82, 2.24) is 9.62 Å². The lowest BCUT2D eigenvalue weighted by Crippen LogP contribution is -2.50. The summed E-state index contributed by atoms with van der Waals surface area (Å²) in [4.78, 5) is 2.05. The first-order valence-corrected chi connectivity index (χ1v) is 11.6. The van der Waals surface area contributed by atoms with Gasteiger partial charge in [-0.15, -0.1) is 0 Å². The molecule has 2 aromatic carbocycles. The molecule has 0 radical (unpaired) electrons. The zero-order chi connectivity index (χ0) is 21.7. The average Bonchev–Trinajstić information content (AvgIpc) is 3.07. The van der Waals surface area contributed by atoms with Crippen LogP contribution in [0.15, 0.2) is 59.5 Å². The average molecular weight is 455 g/mol. The molecule has 164 valence electrons. The Morgan fingerprint density at radius 3 is 2.40 bits per heavy atom. The van der Waals surface area contributed by atoms with Gasteiger partial charge in [0.25, 0.3) is 0 Å². The highest BCUT2D eigenvalue weighted by Crippen LogP contribution is 2.25. The summed E-state index contributed by atoms with van der Waals surface area (Å²) in [5.41, 5.74) is 1.16. The van der Waals surface area contributed by atoms with Crippen molar-refractivity contribution in [2.75, 3.05) is 26.7 Å². The standard InChI is InChI=1S/C21H27ClN2O5S/c1-24(12-11-15-5-3-2-4-6-15)20-18(29-19(14-25)21(20)26)13-23-30(27,28)17-9-7-16(22)8-10-17/h2-10,18-21,23,25-26H,11-14H2,1H3. The van der Waals surface area contributed by atoms with E-state index in [1.807, 2.05) is 42.3 Å². The van der Waals surface area contributed by atoms with Crippen LogP contribution in [-0.2, 0) is 21.2 Å². The molecule has 3 N–H and O–H groups in total. The van der Waals surface area contributed by atoms with Crippen molar-refractivity contribution in [1.29, 1.82) is 0 Å². The number of nitrogens with one attached hydrogen (secondary N) is 1. The molecule has 2 aromatic rings. The minimum Gasteiger partial charge on any atom is -0.394 e. The number of ether oxygens (including phenoxy) is 1. The molecule has 0 saturated carbocycles. The Balaban J connectivity index is 1.67. The summed E-state index contributed by atoms with van der Waals surface area (Å²) in [6, 6.07) is 15.4. The zero-order valence-corrected chi connectivity index (χ0v) is 18.3. The van der Waals surface area contributed by atoms with Gasteiger partial charge in [-0.3, -0.25) is 4.90 Å². The minimum atomic E-state index is -3.76. The van der Waals surface area contributed by atoms with Gasteiger partial charge in [-0.2, -0.15) is 0 Å². The van der Waals surface area contributed by atoms with Crippen LogP contribution in [0.3, 0.4) is 0 Å². The van der Waals surface area contributed by atoms with Gasteiger partial charge in [-0.1, -0.05) is 41.9 Å². The van der Waals surface area contributed by atoms with Crippen molar-refractivity contribution in [2.45, 2.75) is 35.7 Å². The molecule has 1 saturated heterocycles. The molecule has 1 heterocycles. The molecule has 9 heteroatoms. The first kappa shape index (κ1) is 23.1. The van der Waals surface area contributed by atoms with Crippen molar-refractivity contribution in [3.05, 3.63) is 65.2 Å². The maximum Gasteiger partial charge on any atom is 0.240 e. The first-order valence-electron chi connectivity index (χ1n) is 9.75. The van der Waals surface area contributed by atoms with E-state index in [2.05, 4.69) is 4.72 Å². The Kier molecular flexibility index (Phi) is 7.86. The predicted octanol–water partition coefficient (Wildman–Crippen LogP) is 1.28. The Hall–Kier alpha value is -1.52. The second-order valence-electron chi connectivity index (χ2n) is 7.40. The van der Waals surface area contributed by atoms with Gasteiger partial charge in [-0.05, 0) is 43.3 Å². The van der Waals surface area contributed by atoms with Crippen LogP contribution in [0.25, 0.3) is 0 Å². The fourth-order valence-electron chi connectivity index (χ4n) is 3.68. The highest BCUT2D eigenvalue weighted by atomic mass is 35.5. The second-order valence-corrected chi connectivity index (χ2v) is 9.60. The lowest BCUT2D eigenvalue weighted by atomic mass is 10.0. The van der Waals surface area contributed by atoms with Gasteiger partial charge in [0.1, 0.15) is 12.2 Å². The zero-order valence-electron chi connectivity index (χ0n) is 16.7. The molecule has 0 aromatic heterocycles. The van der Waals surface area contributed by atoms with Crippen LogP contribution in [0, 0.1) is 0 Å². The van der Waals surface area contributed by atoms with Crippen molar-refractivity contribution in [2.24, 2.45) is 0 Å². The van der Waals surface area contributed by atoms with E-state index in [9.17, 15) is 18.6 Å². The van der Waals surface area contributed by atoms with E-state index in [-0.39, 0.29) is 18.0 Å². The normalized spacial score (nSPS) is 24.4. The Morgan fingerprint density at radius 2 is 1.77 bits per heavy atom. The van der Waals surface area contributed by atoms with Crippen LogP contribution >= 0.6 is 11.6 Å². The predicted molar refractivity (Wildman–Crippen MR) is 115 cm³/mol. The number of halogens is 1. The number of hydrogen-bond acceptors (Lipinski definition) is 6. The molecule has 0 bridgehead atoms. The van der Waals surface area contributed by atoms with E-state index in [0.717, 1.165) is 12.0 Å².